The van der Waals surface area contributed by atoms with Crippen molar-refractivity contribution in [2.24, 2.45) is 0 Å². The Morgan fingerprint density at radius 1 is 1.50 bits per heavy atom. The molecule has 0 fully saturated rings. The lowest BCUT2D eigenvalue weighted by Gasteiger charge is -2.02. The summed E-state index contributed by atoms with van der Waals surface area (Å²) in [4.78, 5) is 12.9. The van der Waals surface area contributed by atoms with Crippen molar-refractivity contribution in [3.8, 4) is 0 Å². The lowest BCUT2D eigenvalue weighted by atomic mass is 10.3. The second kappa shape index (κ2) is 8.33. The van der Waals surface area contributed by atoms with Crippen LogP contribution < -0.4 is 5.32 Å². The molecule has 2 rings (SSSR count). The zero-order valence-corrected chi connectivity index (χ0v) is 13.4. The summed E-state index contributed by atoms with van der Waals surface area (Å²) in [6.45, 7) is 0.654. The molecule has 108 valence electrons. The Hall–Kier alpha value is -0.990. The van der Waals surface area contributed by atoms with Crippen molar-refractivity contribution < 1.29 is 9.21 Å². The van der Waals surface area contributed by atoms with E-state index in [-0.39, 0.29) is 5.91 Å². The van der Waals surface area contributed by atoms with Crippen molar-refractivity contribution >= 4 is 40.8 Å². The van der Waals surface area contributed by atoms with Crippen LogP contribution in [0.5, 0.6) is 0 Å². The third kappa shape index (κ3) is 5.18. The summed E-state index contributed by atoms with van der Waals surface area (Å²) in [6.07, 6.45) is 2.84. The van der Waals surface area contributed by atoms with Crippen molar-refractivity contribution in [2.45, 2.75) is 17.4 Å². The number of aromatic nitrogens is 2. The van der Waals surface area contributed by atoms with E-state index < -0.39 is 0 Å². The summed E-state index contributed by atoms with van der Waals surface area (Å²) in [7, 11) is 0. The van der Waals surface area contributed by atoms with Crippen LogP contribution in [0.15, 0.2) is 27.2 Å². The third-order valence-corrected chi connectivity index (χ3v) is 4.61. The van der Waals surface area contributed by atoms with Gasteiger partial charge in [-0.3, -0.25) is 4.79 Å². The van der Waals surface area contributed by atoms with Gasteiger partial charge < -0.3 is 9.73 Å². The van der Waals surface area contributed by atoms with E-state index in [2.05, 4.69) is 21.6 Å². The fourth-order valence-corrected chi connectivity index (χ4v) is 3.12. The van der Waals surface area contributed by atoms with Crippen LogP contribution >= 0.6 is 34.9 Å². The third-order valence-electron chi connectivity index (χ3n) is 2.32. The van der Waals surface area contributed by atoms with E-state index in [1.807, 2.05) is 17.7 Å². The monoisotopic (exact) mass is 329 g/mol. The minimum absolute atomic E-state index is 0.0174. The van der Waals surface area contributed by atoms with E-state index in [0.717, 1.165) is 6.42 Å². The van der Waals surface area contributed by atoms with Crippen molar-refractivity contribution in [2.75, 3.05) is 18.6 Å². The van der Waals surface area contributed by atoms with Gasteiger partial charge in [0.1, 0.15) is 0 Å². The first-order valence-electron chi connectivity index (χ1n) is 6.01. The number of rotatable bonds is 8. The Kier molecular flexibility index (Phi) is 6.41. The molecule has 8 heteroatoms. The number of hydrogen-bond acceptors (Lipinski definition) is 7. The molecule has 5 nitrogen and oxygen atoms in total. The average molecular weight is 329 g/mol. The average Bonchev–Trinajstić information content (AvgIpc) is 3.08. The topological polar surface area (TPSA) is 68.0 Å². The predicted octanol–water partition coefficient (Wildman–Crippen LogP) is 2.45. The zero-order valence-electron chi connectivity index (χ0n) is 11.0. The van der Waals surface area contributed by atoms with E-state index >= 15 is 0 Å². The smallest absolute Gasteiger partial charge is 0.277 e. The van der Waals surface area contributed by atoms with E-state index in [9.17, 15) is 4.79 Å². The fraction of sp³-hybridized carbons (Fsp3) is 0.417. The summed E-state index contributed by atoms with van der Waals surface area (Å²) in [6, 6.07) is 4.08. The molecule has 2 aromatic rings. The van der Waals surface area contributed by atoms with Gasteiger partial charge in [-0.1, -0.05) is 17.8 Å². The molecule has 0 aliphatic heterocycles. The highest BCUT2D eigenvalue weighted by Crippen LogP contribution is 2.17. The number of nitrogens with one attached hydrogen (secondary N) is 1. The minimum Gasteiger partial charge on any atom is -0.415 e. The van der Waals surface area contributed by atoms with Crippen molar-refractivity contribution in [1.29, 1.82) is 0 Å². The number of amides is 1. The molecular formula is C12H15N3O2S3. The second-order valence-corrected chi connectivity index (χ2v) is 6.69. The van der Waals surface area contributed by atoms with Gasteiger partial charge in [0.15, 0.2) is 0 Å². The fourth-order valence-electron chi connectivity index (χ4n) is 1.44. The normalized spacial score (nSPS) is 10.7. The lowest BCUT2D eigenvalue weighted by Crippen LogP contribution is -2.27. The lowest BCUT2D eigenvalue weighted by molar-refractivity contribution is -0.118. The van der Waals surface area contributed by atoms with Crippen LogP contribution in [0, 0.1) is 0 Å². The maximum atomic E-state index is 11.7. The van der Waals surface area contributed by atoms with Crippen LogP contribution in [-0.2, 0) is 17.0 Å². The van der Waals surface area contributed by atoms with Crippen molar-refractivity contribution in [1.82, 2.24) is 15.5 Å². The number of nitrogens with zero attached hydrogens (tertiary/aromatic N) is 2. The first-order valence-corrected chi connectivity index (χ1v) is 9.27. The summed E-state index contributed by atoms with van der Waals surface area (Å²) < 4.78 is 5.38. The highest BCUT2D eigenvalue weighted by Gasteiger charge is 2.09. The quantitative estimate of drug-likeness (QED) is 0.750. The maximum Gasteiger partial charge on any atom is 0.277 e. The molecule has 0 saturated heterocycles. The van der Waals surface area contributed by atoms with E-state index in [0.29, 0.717) is 29.2 Å². The van der Waals surface area contributed by atoms with Gasteiger partial charge in [0, 0.05) is 11.4 Å². The highest BCUT2D eigenvalue weighted by molar-refractivity contribution is 7.99. The van der Waals surface area contributed by atoms with Gasteiger partial charge in [-0.25, -0.2) is 0 Å². The number of thiophene rings is 1. The van der Waals surface area contributed by atoms with E-state index in [1.165, 1.54) is 16.6 Å². The molecule has 1 N–H and O–H groups in total. The molecule has 0 saturated carbocycles. The molecule has 0 atom stereocenters. The molecule has 2 heterocycles. The highest BCUT2D eigenvalue weighted by atomic mass is 32.2. The van der Waals surface area contributed by atoms with Crippen LogP contribution in [0.4, 0.5) is 0 Å². The second-order valence-electron chi connectivity index (χ2n) is 3.86. The molecule has 0 radical (unpaired) electrons. The summed E-state index contributed by atoms with van der Waals surface area (Å²) >= 11 is 4.58. The molecule has 0 bridgehead atoms. The van der Waals surface area contributed by atoms with Gasteiger partial charge in [-0.2, -0.15) is 11.8 Å². The number of carbonyl (C=O) groups excluding carboxylic acids is 1. The van der Waals surface area contributed by atoms with Gasteiger partial charge in [0.05, 0.1) is 11.5 Å². The first-order chi connectivity index (χ1) is 9.78. The Balaban J connectivity index is 1.64. The number of hydrogen-bond donors (Lipinski definition) is 1. The van der Waals surface area contributed by atoms with E-state index in [1.54, 1.807) is 23.1 Å². The molecule has 20 heavy (non-hydrogen) atoms. The molecule has 0 aliphatic carbocycles. The molecule has 0 aromatic carbocycles. The zero-order chi connectivity index (χ0) is 14.2. The first kappa shape index (κ1) is 15.4. The van der Waals surface area contributed by atoms with E-state index in [4.69, 9.17) is 4.42 Å². The predicted molar refractivity (Wildman–Crippen MR) is 83.3 cm³/mol. The molecule has 1 amide bonds. The van der Waals surface area contributed by atoms with Crippen molar-refractivity contribution in [3.05, 3.63) is 28.3 Å². The van der Waals surface area contributed by atoms with Crippen LogP contribution in [0.2, 0.25) is 0 Å². The molecular weight excluding hydrogens is 314 g/mol. The van der Waals surface area contributed by atoms with Gasteiger partial charge in [0.25, 0.3) is 5.22 Å². The maximum absolute atomic E-state index is 11.7. The summed E-state index contributed by atoms with van der Waals surface area (Å²) in [5, 5.41) is 13.1. The molecule has 0 aliphatic rings. The van der Waals surface area contributed by atoms with Gasteiger partial charge >= 0.3 is 0 Å². The largest absolute Gasteiger partial charge is 0.415 e. The summed E-state index contributed by atoms with van der Waals surface area (Å²) in [5.74, 6) is 1.57. The SMILES string of the molecule is CSCc1nnc(SCC(=O)NCCc2cccs2)o1. The Bertz CT molecular complexity index is 528. The Morgan fingerprint density at radius 3 is 3.15 bits per heavy atom. The summed E-state index contributed by atoms with van der Waals surface area (Å²) in [5.41, 5.74) is 0. The van der Waals surface area contributed by atoms with Gasteiger partial charge in [-0.05, 0) is 24.1 Å². The van der Waals surface area contributed by atoms with Crippen LogP contribution in [-0.4, -0.2) is 34.7 Å². The van der Waals surface area contributed by atoms with Crippen LogP contribution in [0.3, 0.4) is 0 Å². The van der Waals surface area contributed by atoms with Crippen LogP contribution in [0.25, 0.3) is 0 Å². The molecule has 2 aromatic heterocycles. The minimum atomic E-state index is -0.0174. The van der Waals surface area contributed by atoms with Crippen molar-refractivity contribution in [3.63, 3.8) is 0 Å². The Labute approximate surface area is 129 Å². The Morgan fingerprint density at radius 2 is 2.40 bits per heavy atom. The number of thioether (sulfide) groups is 2. The molecule has 0 unspecified atom stereocenters. The van der Waals surface area contributed by atoms with Crippen LogP contribution in [0.1, 0.15) is 10.8 Å². The number of carbonyl (C=O) groups is 1. The van der Waals surface area contributed by atoms with Gasteiger partial charge in [0.2, 0.25) is 11.8 Å². The molecule has 0 spiro atoms. The standard InChI is InChI=1S/C12H15N3O2S3/c1-18-8-11-14-15-12(17-11)20-7-10(16)13-5-4-9-3-2-6-19-9/h2-3,6H,4-5,7-8H2,1H3,(H,13,16). The van der Waals surface area contributed by atoms with Gasteiger partial charge in [-0.15, -0.1) is 21.5 Å².